The first kappa shape index (κ1) is 16.6. The molecule has 1 saturated carbocycles. The van der Waals surface area contributed by atoms with Crippen molar-refractivity contribution in [1.82, 2.24) is 5.32 Å². The standard InChI is InChI=1S/C15H18F3NO3/c16-15(17,18)11-4-3-5-12(10-11)22-9-8-19-13(20)14(21)6-1-2-7-14/h3-5,10,21H,1-2,6-9H2,(H,19,20). The second-order valence-corrected chi connectivity index (χ2v) is 5.37. The lowest BCUT2D eigenvalue weighted by molar-refractivity contribution is -0.139. The summed E-state index contributed by atoms with van der Waals surface area (Å²) in [6, 6.07) is 4.55. The van der Waals surface area contributed by atoms with Crippen LogP contribution >= 0.6 is 0 Å². The third kappa shape index (κ3) is 4.13. The Morgan fingerprint density at radius 3 is 2.64 bits per heavy atom. The third-order valence-corrected chi connectivity index (χ3v) is 3.67. The molecule has 1 amide bonds. The average molecular weight is 317 g/mol. The molecule has 1 fully saturated rings. The topological polar surface area (TPSA) is 58.6 Å². The van der Waals surface area contributed by atoms with E-state index < -0.39 is 23.2 Å². The molecule has 0 aromatic heterocycles. The lowest BCUT2D eigenvalue weighted by Crippen LogP contribution is -2.45. The van der Waals surface area contributed by atoms with Crippen molar-refractivity contribution in [2.75, 3.05) is 13.2 Å². The SMILES string of the molecule is O=C(NCCOc1cccc(C(F)(F)F)c1)C1(O)CCCC1. The first-order valence-corrected chi connectivity index (χ1v) is 7.12. The molecule has 0 heterocycles. The zero-order chi connectivity index (χ0) is 16.2. The number of alkyl halides is 3. The summed E-state index contributed by atoms with van der Waals surface area (Å²) in [5, 5.41) is 12.6. The lowest BCUT2D eigenvalue weighted by Gasteiger charge is -2.20. The van der Waals surface area contributed by atoms with Gasteiger partial charge in [0.05, 0.1) is 12.1 Å². The smallest absolute Gasteiger partial charge is 0.416 e. The molecule has 1 aromatic carbocycles. The Labute approximate surface area is 126 Å². The van der Waals surface area contributed by atoms with E-state index in [9.17, 15) is 23.1 Å². The molecule has 1 aliphatic carbocycles. The predicted octanol–water partition coefficient (Wildman–Crippen LogP) is 2.51. The van der Waals surface area contributed by atoms with Gasteiger partial charge in [-0.15, -0.1) is 0 Å². The Morgan fingerprint density at radius 1 is 1.32 bits per heavy atom. The van der Waals surface area contributed by atoms with E-state index in [1.807, 2.05) is 0 Å². The van der Waals surface area contributed by atoms with Crippen molar-refractivity contribution >= 4 is 5.91 Å². The van der Waals surface area contributed by atoms with E-state index in [2.05, 4.69) is 5.32 Å². The van der Waals surface area contributed by atoms with Gasteiger partial charge in [0.15, 0.2) is 0 Å². The van der Waals surface area contributed by atoms with Gasteiger partial charge >= 0.3 is 6.18 Å². The first-order valence-electron chi connectivity index (χ1n) is 7.12. The van der Waals surface area contributed by atoms with Gasteiger partial charge in [-0.3, -0.25) is 4.79 Å². The fraction of sp³-hybridized carbons (Fsp3) is 0.533. The number of carbonyl (C=O) groups excluding carboxylic acids is 1. The van der Waals surface area contributed by atoms with Crippen LogP contribution < -0.4 is 10.1 Å². The Bertz CT molecular complexity index is 525. The molecule has 2 N–H and O–H groups in total. The van der Waals surface area contributed by atoms with Crippen molar-refractivity contribution in [3.8, 4) is 5.75 Å². The molecular weight excluding hydrogens is 299 g/mol. The molecule has 0 unspecified atom stereocenters. The fourth-order valence-electron chi connectivity index (χ4n) is 2.45. The number of amides is 1. The Morgan fingerprint density at radius 2 is 2.00 bits per heavy atom. The fourth-order valence-corrected chi connectivity index (χ4v) is 2.45. The van der Waals surface area contributed by atoms with Crippen LogP contribution in [-0.2, 0) is 11.0 Å². The average Bonchev–Trinajstić information content (AvgIpc) is 2.91. The van der Waals surface area contributed by atoms with Crippen LogP contribution in [0.1, 0.15) is 31.2 Å². The van der Waals surface area contributed by atoms with Crippen molar-refractivity contribution in [3.05, 3.63) is 29.8 Å². The molecule has 0 spiro atoms. The van der Waals surface area contributed by atoms with E-state index in [-0.39, 0.29) is 18.9 Å². The number of hydrogen-bond acceptors (Lipinski definition) is 3. The van der Waals surface area contributed by atoms with E-state index in [0.29, 0.717) is 12.8 Å². The van der Waals surface area contributed by atoms with E-state index in [1.165, 1.54) is 12.1 Å². The first-order chi connectivity index (χ1) is 10.3. The van der Waals surface area contributed by atoms with Crippen LogP contribution in [0.4, 0.5) is 13.2 Å². The Hall–Kier alpha value is -1.76. The molecule has 22 heavy (non-hydrogen) atoms. The van der Waals surface area contributed by atoms with Crippen LogP contribution in [0.2, 0.25) is 0 Å². The molecule has 0 radical (unpaired) electrons. The van der Waals surface area contributed by atoms with E-state index in [0.717, 1.165) is 25.0 Å². The van der Waals surface area contributed by atoms with Crippen LogP contribution in [0.3, 0.4) is 0 Å². The molecule has 1 aromatic rings. The van der Waals surface area contributed by atoms with E-state index in [4.69, 9.17) is 4.74 Å². The summed E-state index contributed by atoms with van der Waals surface area (Å²) in [5.41, 5.74) is -2.09. The third-order valence-electron chi connectivity index (χ3n) is 3.67. The highest BCUT2D eigenvalue weighted by Gasteiger charge is 2.38. The van der Waals surface area contributed by atoms with E-state index >= 15 is 0 Å². The molecule has 0 atom stereocenters. The van der Waals surface area contributed by atoms with Gasteiger partial charge in [0.1, 0.15) is 18.0 Å². The molecule has 7 heteroatoms. The summed E-state index contributed by atoms with van der Waals surface area (Å²) >= 11 is 0. The predicted molar refractivity (Wildman–Crippen MR) is 73.4 cm³/mol. The zero-order valence-electron chi connectivity index (χ0n) is 11.9. The van der Waals surface area contributed by atoms with Crippen LogP contribution in [0, 0.1) is 0 Å². The van der Waals surface area contributed by atoms with Gasteiger partial charge in [0, 0.05) is 0 Å². The summed E-state index contributed by atoms with van der Waals surface area (Å²) in [6.07, 6.45) is -1.92. The van der Waals surface area contributed by atoms with Crippen LogP contribution in [0.15, 0.2) is 24.3 Å². The molecule has 1 aliphatic rings. The molecule has 0 bridgehead atoms. The summed E-state index contributed by atoms with van der Waals surface area (Å²) in [4.78, 5) is 11.8. The molecule has 0 saturated heterocycles. The van der Waals surface area contributed by atoms with Gasteiger partial charge in [-0.05, 0) is 43.9 Å². The van der Waals surface area contributed by atoms with Gasteiger partial charge in [0.2, 0.25) is 0 Å². The summed E-state index contributed by atoms with van der Waals surface area (Å²) < 4.78 is 42.8. The van der Waals surface area contributed by atoms with Gasteiger partial charge < -0.3 is 15.2 Å². The normalized spacial score (nSPS) is 17.3. The minimum absolute atomic E-state index is 0.0309. The highest BCUT2D eigenvalue weighted by atomic mass is 19.4. The van der Waals surface area contributed by atoms with Crippen molar-refractivity contribution in [2.24, 2.45) is 0 Å². The molecule has 2 rings (SSSR count). The highest BCUT2D eigenvalue weighted by molar-refractivity contribution is 5.85. The van der Waals surface area contributed by atoms with Crippen molar-refractivity contribution in [1.29, 1.82) is 0 Å². The number of aliphatic hydroxyl groups is 1. The minimum atomic E-state index is -4.42. The van der Waals surface area contributed by atoms with E-state index in [1.54, 1.807) is 0 Å². The summed E-state index contributed by atoms with van der Waals surface area (Å²) in [6.45, 7) is 0.153. The second-order valence-electron chi connectivity index (χ2n) is 5.37. The minimum Gasteiger partial charge on any atom is -0.492 e. The number of carbonyl (C=O) groups is 1. The van der Waals surface area contributed by atoms with Gasteiger partial charge in [0.25, 0.3) is 5.91 Å². The van der Waals surface area contributed by atoms with Gasteiger partial charge in [-0.1, -0.05) is 6.07 Å². The highest BCUT2D eigenvalue weighted by Crippen LogP contribution is 2.31. The monoisotopic (exact) mass is 317 g/mol. The van der Waals surface area contributed by atoms with Crippen LogP contribution in [-0.4, -0.2) is 29.8 Å². The van der Waals surface area contributed by atoms with Crippen molar-refractivity contribution < 1.29 is 27.8 Å². The zero-order valence-corrected chi connectivity index (χ0v) is 11.9. The number of hydrogen-bond donors (Lipinski definition) is 2. The van der Waals surface area contributed by atoms with Crippen LogP contribution in [0.5, 0.6) is 5.75 Å². The molecule has 122 valence electrons. The van der Waals surface area contributed by atoms with Crippen LogP contribution in [0.25, 0.3) is 0 Å². The summed E-state index contributed by atoms with van der Waals surface area (Å²) in [5.74, 6) is -0.360. The maximum atomic E-state index is 12.5. The maximum Gasteiger partial charge on any atom is 0.416 e. The summed E-state index contributed by atoms with van der Waals surface area (Å²) in [7, 11) is 0. The maximum absolute atomic E-state index is 12.5. The molecular formula is C15H18F3NO3. The number of ether oxygens (including phenoxy) is 1. The number of benzene rings is 1. The lowest BCUT2D eigenvalue weighted by atomic mass is 10.0. The van der Waals surface area contributed by atoms with Gasteiger partial charge in [-0.2, -0.15) is 13.2 Å². The Kier molecular flexibility index (Phi) is 4.95. The van der Waals surface area contributed by atoms with Gasteiger partial charge in [-0.25, -0.2) is 0 Å². The number of rotatable bonds is 5. The largest absolute Gasteiger partial charge is 0.492 e. The quantitative estimate of drug-likeness (QED) is 0.821. The number of nitrogens with one attached hydrogen (secondary N) is 1. The van der Waals surface area contributed by atoms with Crippen molar-refractivity contribution in [3.63, 3.8) is 0 Å². The number of halogens is 3. The molecule has 0 aliphatic heterocycles. The second kappa shape index (κ2) is 6.56. The Balaban J connectivity index is 1.78. The van der Waals surface area contributed by atoms with Crippen molar-refractivity contribution in [2.45, 2.75) is 37.5 Å². The molecule has 4 nitrogen and oxygen atoms in total.